The highest BCUT2D eigenvalue weighted by Crippen LogP contribution is 2.14. The molecule has 0 aromatic heterocycles. The van der Waals surface area contributed by atoms with Crippen LogP contribution in [0.5, 0.6) is 0 Å². The lowest BCUT2D eigenvalue weighted by Gasteiger charge is -2.04. The lowest BCUT2D eigenvalue weighted by molar-refractivity contribution is 0.0999. The van der Waals surface area contributed by atoms with E-state index in [-0.39, 0.29) is 11.1 Å². The maximum absolute atomic E-state index is 11.0. The Hall–Kier alpha value is -2.15. The van der Waals surface area contributed by atoms with Gasteiger partial charge in [-0.15, -0.1) is 0 Å². The number of carbonyl (C=O) groups excluding carboxylic acids is 2. The van der Waals surface area contributed by atoms with Crippen LogP contribution in [0.25, 0.3) is 0 Å². The van der Waals surface area contributed by atoms with Crippen LogP contribution in [0.15, 0.2) is 12.1 Å². The van der Waals surface area contributed by atoms with E-state index >= 15 is 0 Å². The summed E-state index contributed by atoms with van der Waals surface area (Å²) in [6.07, 6.45) is 0.600. The lowest BCUT2D eigenvalue weighted by atomic mass is 9.99. The fraction of sp³-hybridized carbons (Fsp3) is 0.100. The van der Waals surface area contributed by atoms with Gasteiger partial charge in [-0.1, -0.05) is 0 Å². The van der Waals surface area contributed by atoms with Crippen molar-refractivity contribution in [3.8, 4) is 6.07 Å². The van der Waals surface area contributed by atoms with Gasteiger partial charge in [0.25, 0.3) is 0 Å². The molecule has 1 aromatic carbocycles. The van der Waals surface area contributed by atoms with Crippen molar-refractivity contribution in [2.45, 2.75) is 6.92 Å². The van der Waals surface area contributed by atoms with Gasteiger partial charge in [-0.25, -0.2) is 0 Å². The number of primary amides is 1. The van der Waals surface area contributed by atoms with E-state index in [9.17, 15) is 9.59 Å². The van der Waals surface area contributed by atoms with Crippen LogP contribution >= 0.6 is 0 Å². The summed E-state index contributed by atoms with van der Waals surface area (Å²) in [7, 11) is 0. The first-order valence-corrected chi connectivity index (χ1v) is 3.90. The fourth-order valence-corrected chi connectivity index (χ4v) is 1.18. The predicted molar refractivity (Wildman–Crippen MR) is 49.8 cm³/mol. The van der Waals surface area contributed by atoms with Gasteiger partial charge in [-0.05, 0) is 24.6 Å². The molecule has 0 saturated heterocycles. The number of nitrogens with two attached hydrogens (primary N) is 1. The summed E-state index contributed by atoms with van der Waals surface area (Å²) < 4.78 is 0. The molecule has 0 radical (unpaired) electrons. The van der Waals surface area contributed by atoms with Gasteiger partial charge in [0.15, 0.2) is 0 Å². The van der Waals surface area contributed by atoms with Crippen molar-refractivity contribution >= 4 is 12.2 Å². The first-order valence-electron chi connectivity index (χ1n) is 3.90. The van der Waals surface area contributed by atoms with Gasteiger partial charge in [0.05, 0.1) is 11.6 Å². The molecule has 0 fully saturated rings. The highest BCUT2D eigenvalue weighted by molar-refractivity contribution is 5.97. The van der Waals surface area contributed by atoms with E-state index in [4.69, 9.17) is 11.0 Å². The molecule has 1 aromatic rings. The molecule has 0 aliphatic heterocycles. The molecule has 4 heteroatoms. The Morgan fingerprint density at radius 2 is 2.21 bits per heavy atom. The van der Waals surface area contributed by atoms with Gasteiger partial charge in [-0.3, -0.25) is 9.59 Å². The van der Waals surface area contributed by atoms with Crippen molar-refractivity contribution in [2.24, 2.45) is 5.73 Å². The number of hydrogen-bond donors (Lipinski definition) is 1. The summed E-state index contributed by atoms with van der Waals surface area (Å²) in [6.45, 7) is 1.62. The smallest absolute Gasteiger partial charge is 0.249 e. The maximum atomic E-state index is 11.0. The van der Waals surface area contributed by atoms with Crippen molar-refractivity contribution in [3.05, 3.63) is 34.4 Å². The molecule has 2 N–H and O–H groups in total. The lowest BCUT2D eigenvalue weighted by Crippen LogP contribution is -2.14. The molecule has 14 heavy (non-hydrogen) atoms. The highest BCUT2D eigenvalue weighted by atomic mass is 16.1. The molecule has 0 aliphatic rings. The second-order valence-electron chi connectivity index (χ2n) is 2.83. The van der Waals surface area contributed by atoms with E-state index in [1.54, 1.807) is 6.92 Å². The molecular weight excluding hydrogens is 180 g/mol. The number of nitrogens with zero attached hydrogens (tertiary/aromatic N) is 1. The standard InChI is InChI=1S/C10H8N2O2/c1-6-8(5-13)2-7(4-11)3-9(6)10(12)14/h2-3,5H,1H3,(H2,12,14). The molecule has 1 rings (SSSR count). The van der Waals surface area contributed by atoms with E-state index in [2.05, 4.69) is 0 Å². The van der Waals surface area contributed by atoms with Gasteiger partial charge < -0.3 is 5.73 Å². The Morgan fingerprint density at radius 3 is 2.64 bits per heavy atom. The second kappa shape index (κ2) is 3.71. The Bertz CT molecular complexity index is 444. The molecule has 4 nitrogen and oxygen atoms in total. The Kier molecular flexibility index (Phi) is 2.63. The monoisotopic (exact) mass is 188 g/mol. The molecule has 0 aliphatic carbocycles. The van der Waals surface area contributed by atoms with Gasteiger partial charge in [0.2, 0.25) is 5.91 Å². The third-order valence-electron chi connectivity index (χ3n) is 1.97. The molecule has 70 valence electrons. The largest absolute Gasteiger partial charge is 0.366 e. The Morgan fingerprint density at radius 1 is 1.57 bits per heavy atom. The number of benzene rings is 1. The zero-order valence-corrected chi connectivity index (χ0v) is 7.57. The third-order valence-corrected chi connectivity index (χ3v) is 1.97. The van der Waals surface area contributed by atoms with Crippen LogP contribution in [0.3, 0.4) is 0 Å². The second-order valence-corrected chi connectivity index (χ2v) is 2.83. The van der Waals surface area contributed by atoms with Crippen molar-refractivity contribution in [1.82, 2.24) is 0 Å². The van der Waals surface area contributed by atoms with Crippen LogP contribution in [0.4, 0.5) is 0 Å². The third kappa shape index (κ3) is 1.62. The Balaban J connectivity index is 3.51. The average Bonchev–Trinajstić information content (AvgIpc) is 2.17. The number of hydrogen-bond acceptors (Lipinski definition) is 3. The molecule has 1 amide bonds. The maximum Gasteiger partial charge on any atom is 0.249 e. The molecule has 0 unspecified atom stereocenters. The van der Waals surface area contributed by atoms with Crippen LogP contribution < -0.4 is 5.73 Å². The van der Waals surface area contributed by atoms with Crippen LogP contribution in [0, 0.1) is 18.3 Å². The van der Waals surface area contributed by atoms with Crippen molar-refractivity contribution in [2.75, 3.05) is 0 Å². The quantitative estimate of drug-likeness (QED) is 0.696. The number of rotatable bonds is 2. The average molecular weight is 188 g/mol. The molecule has 0 spiro atoms. The van der Waals surface area contributed by atoms with Gasteiger partial charge in [0, 0.05) is 11.1 Å². The molecule has 0 bridgehead atoms. The van der Waals surface area contributed by atoms with Crippen LogP contribution in [0.2, 0.25) is 0 Å². The van der Waals surface area contributed by atoms with E-state index in [0.29, 0.717) is 17.4 Å². The summed E-state index contributed by atoms with van der Waals surface area (Å²) >= 11 is 0. The fourth-order valence-electron chi connectivity index (χ4n) is 1.18. The Labute approximate surface area is 80.9 Å². The molecule has 0 atom stereocenters. The van der Waals surface area contributed by atoms with E-state index in [0.717, 1.165) is 0 Å². The molecule has 0 heterocycles. The molecule has 0 saturated carbocycles. The van der Waals surface area contributed by atoms with Crippen molar-refractivity contribution in [1.29, 1.82) is 5.26 Å². The molecular formula is C10H8N2O2. The number of nitriles is 1. The summed E-state index contributed by atoms with van der Waals surface area (Å²) in [5.74, 6) is -0.636. The summed E-state index contributed by atoms with van der Waals surface area (Å²) in [5.41, 5.74) is 6.39. The SMILES string of the molecule is Cc1c(C=O)cc(C#N)cc1C(N)=O. The minimum absolute atomic E-state index is 0.214. The summed E-state index contributed by atoms with van der Waals surface area (Å²) in [6, 6.07) is 4.66. The topological polar surface area (TPSA) is 83.9 Å². The first-order chi connectivity index (χ1) is 6.60. The minimum Gasteiger partial charge on any atom is -0.366 e. The van der Waals surface area contributed by atoms with Gasteiger partial charge in [-0.2, -0.15) is 5.26 Å². The van der Waals surface area contributed by atoms with E-state index in [1.165, 1.54) is 12.1 Å². The van der Waals surface area contributed by atoms with Crippen molar-refractivity contribution in [3.63, 3.8) is 0 Å². The predicted octanol–water partition coefficient (Wildman–Crippen LogP) is 0.778. The minimum atomic E-state index is -0.636. The van der Waals surface area contributed by atoms with Crippen LogP contribution in [-0.2, 0) is 0 Å². The number of amides is 1. The van der Waals surface area contributed by atoms with Crippen LogP contribution in [-0.4, -0.2) is 12.2 Å². The zero-order valence-electron chi connectivity index (χ0n) is 7.57. The van der Waals surface area contributed by atoms with Crippen LogP contribution in [0.1, 0.15) is 31.8 Å². The highest BCUT2D eigenvalue weighted by Gasteiger charge is 2.10. The summed E-state index contributed by atoms with van der Waals surface area (Å²) in [5, 5.41) is 8.64. The van der Waals surface area contributed by atoms with Gasteiger partial charge in [0.1, 0.15) is 6.29 Å². The van der Waals surface area contributed by atoms with Crippen molar-refractivity contribution < 1.29 is 9.59 Å². The normalized spacial score (nSPS) is 9.14. The van der Waals surface area contributed by atoms with Gasteiger partial charge >= 0.3 is 0 Å². The summed E-state index contributed by atoms with van der Waals surface area (Å²) in [4.78, 5) is 21.6. The van der Waals surface area contributed by atoms with E-state index in [1.807, 2.05) is 6.07 Å². The number of aldehydes is 1. The van der Waals surface area contributed by atoms with E-state index < -0.39 is 5.91 Å². The zero-order chi connectivity index (χ0) is 10.7. The first kappa shape index (κ1) is 9.93. The number of carbonyl (C=O) groups is 2.